The van der Waals surface area contributed by atoms with Crippen molar-refractivity contribution in [3.63, 3.8) is 0 Å². The summed E-state index contributed by atoms with van der Waals surface area (Å²) in [5.41, 5.74) is 1.23. The summed E-state index contributed by atoms with van der Waals surface area (Å²) in [4.78, 5) is 0.216. The Morgan fingerprint density at radius 3 is 2.53 bits per heavy atom. The minimum Gasteiger partial charge on any atom is -0.468 e. The van der Waals surface area contributed by atoms with Crippen molar-refractivity contribution in [2.24, 2.45) is 0 Å². The maximum atomic E-state index is 5.82. The van der Waals surface area contributed by atoms with E-state index >= 15 is 0 Å². The minimum atomic E-state index is 0.216. The molecule has 0 aliphatic carbocycles. The van der Waals surface area contributed by atoms with E-state index < -0.39 is 0 Å². The molecule has 1 unspecified atom stereocenters. The molecule has 3 heteroatoms. The molecule has 0 saturated heterocycles. The average Bonchev–Trinajstić information content (AvgIpc) is 2.74. The quantitative estimate of drug-likeness (QED) is 0.751. The molecule has 0 radical (unpaired) electrons. The van der Waals surface area contributed by atoms with Gasteiger partial charge in [-0.1, -0.05) is 39.7 Å². The van der Waals surface area contributed by atoms with Crippen molar-refractivity contribution < 1.29 is 4.42 Å². The summed E-state index contributed by atoms with van der Waals surface area (Å²) in [6, 6.07) is 11.7. The van der Waals surface area contributed by atoms with Crippen molar-refractivity contribution in [1.29, 1.82) is 0 Å². The SMILES string of the molecule is Clc1ccc(CC(Br)c2ccco2)cc1. The zero-order valence-electron chi connectivity index (χ0n) is 7.99. The number of alkyl halides is 1. The predicted molar refractivity (Wildman–Crippen MR) is 65.5 cm³/mol. The molecule has 0 saturated carbocycles. The Balaban J connectivity index is 2.06. The molecule has 0 aliphatic rings. The van der Waals surface area contributed by atoms with E-state index in [9.17, 15) is 0 Å². The van der Waals surface area contributed by atoms with Crippen molar-refractivity contribution >= 4 is 27.5 Å². The average molecular weight is 286 g/mol. The maximum absolute atomic E-state index is 5.82. The van der Waals surface area contributed by atoms with Gasteiger partial charge in [0.15, 0.2) is 0 Å². The van der Waals surface area contributed by atoms with E-state index in [0.29, 0.717) is 0 Å². The molecule has 0 bridgehead atoms. The highest BCUT2D eigenvalue weighted by atomic mass is 79.9. The molecule has 0 fully saturated rings. The van der Waals surface area contributed by atoms with Gasteiger partial charge in [-0.25, -0.2) is 0 Å². The zero-order valence-corrected chi connectivity index (χ0v) is 10.3. The highest BCUT2D eigenvalue weighted by Crippen LogP contribution is 2.27. The minimum absolute atomic E-state index is 0.216. The Morgan fingerprint density at radius 1 is 1.20 bits per heavy atom. The third kappa shape index (κ3) is 2.86. The Hall–Kier alpha value is -0.730. The molecule has 1 heterocycles. The van der Waals surface area contributed by atoms with Crippen LogP contribution in [0.25, 0.3) is 0 Å². The first-order valence-corrected chi connectivity index (χ1v) is 5.97. The van der Waals surface area contributed by atoms with Crippen LogP contribution in [0.15, 0.2) is 47.1 Å². The summed E-state index contributed by atoms with van der Waals surface area (Å²) in [6.07, 6.45) is 2.58. The molecule has 2 aromatic rings. The first kappa shape index (κ1) is 10.8. The van der Waals surface area contributed by atoms with Gasteiger partial charge in [0.05, 0.1) is 11.1 Å². The van der Waals surface area contributed by atoms with E-state index in [1.807, 2.05) is 36.4 Å². The third-order valence-corrected chi connectivity index (χ3v) is 3.21. The lowest BCUT2D eigenvalue weighted by Gasteiger charge is -2.06. The second-order valence-electron chi connectivity index (χ2n) is 3.31. The molecule has 0 aliphatic heterocycles. The first-order valence-electron chi connectivity index (χ1n) is 4.67. The summed E-state index contributed by atoms with van der Waals surface area (Å²) in [7, 11) is 0. The van der Waals surface area contributed by atoms with Crippen LogP contribution in [0.4, 0.5) is 0 Å². The van der Waals surface area contributed by atoms with Gasteiger partial charge >= 0.3 is 0 Å². The topological polar surface area (TPSA) is 13.1 Å². The van der Waals surface area contributed by atoms with Crippen LogP contribution >= 0.6 is 27.5 Å². The van der Waals surface area contributed by atoms with Crippen LogP contribution in [0.1, 0.15) is 16.2 Å². The fourth-order valence-corrected chi connectivity index (χ4v) is 2.16. The molecular weight excluding hydrogens is 275 g/mol. The molecule has 1 aromatic heterocycles. The van der Waals surface area contributed by atoms with Crippen molar-refractivity contribution in [3.8, 4) is 0 Å². The highest BCUT2D eigenvalue weighted by molar-refractivity contribution is 9.09. The molecule has 2 rings (SSSR count). The van der Waals surface area contributed by atoms with E-state index in [0.717, 1.165) is 17.2 Å². The van der Waals surface area contributed by atoms with E-state index in [2.05, 4.69) is 15.9 Å². The van der Waals surface area contributed by atoms with Gasteiger partial charge in [-0.2, -0.15) is 0 Å². The van der Waals surface area contributed by atoms with Crippen LogP contribution < -0.4 is 0 Å². The Morgan fingerprint density at radius 2 is 1.93 bits per heavy atom. The van der Waals surface area contributed by atoms with Gasteiger partial charge in [-0.15, -0.1) is 0 Å². The van der Waals surface area contributed by atoms with Gasteiger partial charge in [0.1, 0.15) is 5.76 Å². The van der Waals surface area contributed by atoms with Crippen molar-refractivity contribution in [1.82, 2.24) is 0 Å². The lowest BCUT2D eigenvalue weighted by molar-refractivity contribution is 0.507. The molecule has 1 nitrogen and oxygen atoms in total. The van der Waals surface area contributed by atoms with Crippen LogP contribution in [0.5, 0.6) is 0 Å². The second kappa shape index (κ2) is 4.86. The maximum Gasteiger partial charge on any atom is 0.117 e. The number of rotatable bonds is 3. The first-order chi connectivity index (χ1) is 7.25. The number of benzene rings is 1. The fourth-order valence-electron chi connectivity index (χ4n) is 1.40. The molecule has 1 aromatic carbocycles. The molecular formula is C12H10BrClO. The third-order valence-electron chi connectivity index (χ3n) is 2.18. The Kier molecular flexibility index (Phi) is 3.49. The lowest BCUT2D eigenvalue weighted by atomic mass is 10.1. The smallest absolute Gasteiger partial charge is 0.117 e. The molecule has 0 N–H and O–H groups in total. The van der Waals surface area contributed by atoms with E-state index in [1.54, 1.807) is 6.26 Å². The van der Waals surface area contributed by atoms with Crippen LogP contribution in [0.3, 0.4) is 0 Å². The van der Waals surface area contributed by atoms with Gasteiger partial charge in [0.25, 0.3) is 0 Å². The van der Waals surface area contributed by atoms with Crippen LogP contribution in [-0.4, -0.2) is 0 Å². The number of halogens is 2. The fraction of sp³-hybridized carbons (Fsp3) is 0.167. The van der Waals surface area contributed by atoms with E-state index in [1.165, 1.54) is 5.56 Å². The second-order valence-corrected chi connectivity index (χ2v) is 4.86. The Bertz CT molecular complexity index is 408. The summed E-state index contributed by atoms with van der Waals surface area (Å²) in [5.74, 6) is 0.949. The molecule has 15 heavy (non-hydrogen) atoms. The van der Waals surface area contributed by atoms with Gasteiger partial charge in [0.2, 0.25) is 0 Å². The molecule has 1 atom stereocenters. The largest absolute Gasteiger partial charge is 0.468 e. The van der Waals surface area contributed by atoms with Crippen LogP contribution in [0.2, 0.25) is 5.02 Å². The van der Waals surface area contributed by atoms with E-state index in [-0.39, 0.29) is 4.83 Å². The number of hydrogen-bond acceptors (Lipinski definition) is 1. The number of hydrogen-bond donors (Lipinski definition) is 0. The molecule has 78 valence electrons. The summed E-state index contributed by atoms with van der Waals surface area (Å²) in [6.45, 7) is 0. The van der Waals surface area contributed by atoms with Crippen molar-refractivity contribution in [3.05, 3.63) is 59.0 Å². The predicted octanol–water partition coefficient (Wildman–Crippen LogP) is 4.61. The molecule has 0 spiro atoms. The van der Waals surface area contributed by atoms with Crippen LogP contribution in [0, 0.1) is 0 Å². The highest BCUT2D eigenvalue weighted by Gasteiger charge is 2.10. The number of furan rings is 1. The summed E-state index contributed by atoms with van der Waals surface area (Å²) < 4.78 is 5.32. The van der Waals surface area contributed by atoms with Gasteiger partial charge in [0, 0.05) is 5.02 Å². The van der Waals surface area contributed by atoms with Gasteiger partial charge < -0.3 is 4.42 Å². The lowest BCUT2D eigenvalue weighted by Crippen LogP contribution is -1.93. The van der Waals surface area contributed by atoms with E-state index in [4.69, 9.17) is 16.0 Å². The normalized spacial score (nSPS) is 12.7. The Labute approximate surface area is 102 Å². The van der Waals surface area contributed by atoms with Crippen molar-refractivity contribution in [2.45, 2.75) is 11.2 Å². The molecule has 0 amide bonds. The van der Waals surface area contributed by atoms with Gasteiger partial charge in [-0.05, 0) is 36.2 Å². The zero-order chi connectivity index (χ0) is 10.7. The van der Waals surface area contributed by atoms with Crippen molar-refractivity contribution in [2.75, 3.05) is 0 Å². The summed E-state index contributed by atoms with van der Waals surface area (Å²) in [5, 5.41) is 0.767. The van der Waals surface area contributed by atoms with Gasteiger partial charge in [-0.3, -0.25) is 0 Å². The standard InChI is InChI=1S/C12H10BrClO/c13-11(12-2-1-7-15-12)8-9-3-5-10(14)6-4-9/h1-7,11H,8H2. The van der Waals surface area contributed by atoms with Crippen LogP contribution in [-0.2, 0) is 6.42 Å². The monoisotopic (exact) mass is 284 g/mol. The summed E-state index contributed by atoms with van der Waals surface area (Å²) >= 11 is 9.41.